The Kier molecular flexibility index (Phi) is 6.85. The summed E-state index contributed by atoms with van der Waals surface area (Å²) >= 11 is 5.82. The van der Waals surface area contributed by atoms with E-state index in [1.807, 2.05) is 30.5 Å². The topological polar surface area (TPSA) is 79.9 Å². The van der Waals surface area contributed by atoms with E-state index in [0.29, 0.717) is 30.4 Å². The summed E-state index contributed by atoms with van der Waals surface area (Å²) in [6, 6.07) is 9.27. The van der Waals surface area contributed by atoms with Gasteiger partial charge in [-0.05, 0) is 62.9 Å². The summed E-state index contributed by atoms with van der Waals surface area (Å²) in [5.74, 6) is -0.100. The lowest BCUT2D eigenvalue weighted by Crippen LogP contribution is -2.07. The Balaban J connectivity index is 2.42. The highest BCUT2D eigenvalue weighted by atomic mass is 35.5. The van der Waals surface area contributed by atoms with Crippen LogP contribution in [0.1, 0.15) is 45.7 Å². The zero-order chi connectivity index (χ0) is 20.2. The molecule has 27 heavy (non-hydrogen) atoms. The molecule has 0 saturated carbocycles. The van der Waals surface area contributed by atoms with Crippen LogP contribution < -0.4 is 0 Å². The second kappa shape index (κ2) is 8.73. The third-order valence-corrected chi connectivity index (χ3v) is 5.89. The summed E-state index contributed by atoms with van der Waals surface area (Å²) in [7, 11) is -2.99. The smallest absolute Gasteiger partial charge is 0.179 e. The lowest BCUT2D eigenvalue weighted by molar-refractivity contribution is 0.101. The van der Waals surface area contributed by atoms with Crippen molar-refractivity contribution in [2.24, 2.45) is 0 Å². The number of hydrogen-bond acceptors (Lipinski definition) is 4. The minimum Gasteiger partial charge on any atom is -0.317 e. The monoisotopic (exact) mass is 406 g/mol. The van der Waals surface area contributed by atoms with Gasteiger partial charge in [-0.1, -0.05) is 0 Å². The van der Waals surface area contributed by atoms with Crippen LogP contribution in [0.25, 0.3) is 5.69 Å². The minimum atomic E-state index is -2.99. The molecule has 144 valence electrons. The molecule has 0 aliphatic rings. The maximum absolute atomic E-state index is 12.5. The Morgan fingerprint density at radius 2 is 1.78 bits per heavy atom. The fourth-order valence-corrected chi connectivity index (χ4v) is 4.24. The number of carbonyl (C=O) groups excluding carboxylic acids is 1. The van der Waals surface area contributed by atoms with E-state index < -0.39 is 9.84 Å². The van der Waals surface area contributed by atoms with Gasteiger partial charge in [0.15, 0.2) is 5.78 Å². The molecule has 0 aliphatic carbocycles. The number of benzene rings is 1. The van der Waals surface area contributed by atoms with Crippen LogP contribution in [0.3, 0.4) is 0 Å². The van der Waals surface area contributed by atoms with Crippen molar-refractivity contribution in [3.8, 4) is 11.8 Å². The van der Waals surface area contributed by atoms with Crippen molar-refractivity contribution < 1.29 is 13.2 Å². The molecule has 2 rings (SSSR count). The highest BCUT2D eigenvalue weighted by Gasteiger charge is 2.23. The molecule has 0 saturated heterocycles. The predicted octanol–water partition coefficient (Wildman–Crippen LogP) is 3.75. The SMILES string of the molecule is Cc1c(CCCCS(C)(=O)=O)c(C(=O)CCl)c(C)n1-c1ccc(C#N)cc1. The molecule has 0 N–H and O–H groups in total. The Morgan fingerprint density at radius 1 is 1.15 bits per heavy atom. The molecular weight excluding hydrogens is 384 g/mol. The first-order valence-corrected chi connectivity index (χ1v) is 11.3. The van der Waals surface area contributed by atoms with Crippen LogP contribution in [-0.2, 0) is 16.3 Å². The number of sulfone groups is 1. The zero-order valence-electron chi connectivity index (χ0n) is 15.8. The molecule has 0 bridgehead atoms. The van der Waals surface area contributed by atoms with E-state index in [2.05, 4.69) is 6.07 Å². The number of unbranched alkanes of at least 4 members (excludes halogenated alkanes) is 1. The van der Waals surface area contributed by atoms with Crippen molar-refractivity contribution in [1.29, 1.82) is 5.26 Å². The van der Waals surface area contributed by atoms with E-state index >= 15 is 0 Å². The maximum atomic E-state index is 12.5. The molecule has 0 amide bonds. The van der Waals surface area contributed by atoms with Gasteiger partial charge in [0.2, 0.25) is 0 Å². The molecule has 0 fully saturated rings. The Bertz CT molecular complexity index is 984. The summed E-state index contributed by atoms with van der Waals surface area (Å²) in [6.45, 7) is 3.83. The van der Waals surface area contributed by atoms with E-state index in [4.69, 9.17) is 16.9 Å². The average molecular weight is 407 g/mol. The van der Waals surface area contributed by atoms with E-state index in [0.717, 1.165) is 22.6 Å². The van der Waals surface area contributed by atoms with Gasteiger partial charge >= 0.3 is 0 Å². The Morgan fingerprint density at radius 3 is 2.30 bits per heavy atom. The van der Waals surface area contributed by atoms with Crippen LogP contribution in [-0.4, -0.2) is 36.7 Å². The number of halogens is 1. The van der Waals surface area contributed by atoms with Gasteiger partial charge in [-0.3, -0.25) is 4.79 Å². The summed E-state index contributed by atoms with van der Waals surface area (Å²) < 4.78 is 24.6. The normalized spacial score (nSPS) is 11.4. The molecule has 0 atom stereocenters. The van der Waals surface area contributed by atoms with Crippen molar-refractivity contribution >= 4 is 27.2 Å². The van der Waals surface area contributed by atoms with Gasteiger partial charge in [0.25, 0.3) is 0 Å². The van der Waals surface area contributed by atoms with Gasteiger partial charge < -0.3 is 4.57 Å². The second-order valence-electron chi connectivity index (χ2n) is 6.66. The fourth-order valence-electron chi connectivity index (χ4n) is 3.38. The highest BCUT2D eigenvalue weighted by Crippen LogP contribution is 2.28. The van der Waals surface area contributed by atoms with E-state index in [-0.39, 0.29) is 17.4 Å². The van der Waals surface area contributed by atoms with Crippen molar-refractivity contribution in [2.45, 2.75) is 33.1 Å². The number of ketones is 1. The van der Waals surface area contributed by atoms with Crippen LogP contribution in [0.2, 0.25) is 0 Å². The van der Waals surface area contributed by atoms with Crippen LogP contribution >= 0.6 is 11.6 Å². The van der Waals surface area contributed by atoms with Gasteiger partial charge in [0.1, 0.15) is 9.84 Å². The number of nitrogens with zero attached hydrogens (tertiary/aromatic N) is 2. The first-order valence-electron chi connectivity index (χ1n) is 8.67. The molecule has 1 aromatic heterocycles. The van der Waals surface area contributed by atoms with Crippen LogP contribution in [0.5, 0.6) is 0 Å². The minimum absolute atomic E-state index is 0.103. The number of alkyl halides is 1. The van der Waals surface area contributed by atoms with E-state index in [1.54, 1.807) is 12.1 Å². The maximum Gasteiger partial charge on any atom is 0.179 e. The Hall–Kier alpha value is -2.10. The van der Waals surface area contributed by atoms with Crippen LogP contribution in [0.15, 0.2) is 24.3 Å². The number of carbonyl (C=O) groups is 1. The summed E-state index contributed by atoms with van der Waals surface area (Å²) in [6.07, 6.45) is 3.07. The third-order valence-electron chi connectivity index (χ3n) is 4.62. The molecule has 0 aliphatic heterocycles. The number of hydrogen-bond donors (Lipinski definition) is 0. The fraction of sp³-hybridized carbons (Fsp3) is 0.400. The zero-order valence-corrected chi connectivity index (χ0v) is 17.3. The predicted molar refractivity (Wildman–Crippen MR) is 108 cm³/mol. The highest BCUT2D eigenvalue weighted by molar-refractivity contribution is 7.90. The first kappa shape index (κ1) is 21.2. The van der Waals surface area contributed by atoms with Crippen LogP contribution in [0, 0.1) is 25.2 Å². The summed E-state index contributed by atoms with van der Waals surface area (Å²) in [5.41, 5.74) is 4.71. The summed E-state index contributed by atoms with van der Waals surface area (Å²) in [5, 5.41) is 8.98. The largest absolute Gasteiger partial charge is 0.317 e. The number of nitriles is 1. The standard InChI is InChI=1S/C20H23ClN2O3S/c1-14-18(6-4-5-11-27(3,25)26)20(19(24)12-21)15(2)23(14)17-9-7-16(13-22)8-10-17/h7-10H,4-6,11-12H2,1-3H3. The molecule has 2 aromatic rings. The molecule has 1 aromatic carbocycles. The van der Waals surface area contributed by atoms with Gasteiger partial charge in [-0.25, -0.2) is 8.42 Å². The lowest BCUT2D eigenvalue weighted by atomic mass is 10.0. The second-order valence-corrected chi connectivity index (χ2v) is 9.19. The van der Waals surface area contributed by atoms with Crippen molar-refractivity contribution in [3.05, 3.63) is 52.3 Å². The van der Waals surface area contributed by atoms with Gasteiger partial charge in [-0.2, -0.15) is 5.26 Å². The first-order chi connectivity index (χ1) is 12.7. The number of aromatic nitrogens is 1. The molecule has 0 radical (unpaired) electrons. The van der Waals surface area contributed by atoms with Gasteiger partial charge in [0.05, 0.1) is 17.5 Å². The molecule has 0 spiro atoms. The number of Topliss-reactive ketones (excluding diaryl/α,β-unsaturated/α-hetero) is 1. The molecule has 5 nitrogen and oxygen atoms in total. The molecule has 1 heterocycles. The lowest BCUT2D eigenvalue weighted by Gasteiger charge is -2.10. The third kappa shape index (κ3) is 5.00. The van der Waals surface area contributed by atoms with Crippen molar-refractivity contribution in [1.82, 2.24) is 4.57 Å². The number of rotatable bonds is 8. The van der Waals surface area contributed by atoms with Crippen molar-refractivity contribution in [3.63, 3.8) is 0 Å². The quantitative estimate of drug-likeness (QED) is 0.380. The summed E-state index contributed by atoms with van der Waals surface area (Å²) in [4.78, 5) is 12.5. The van der Waals surface area contributed by atoms with Gasteiger partial charge in [0, 0.05) is 34.6 Å². The van der Waals surface area contributed by atoms with Crippen LogP contribution in [0.4, 0.5) is 0 Å². The van der Waals surface area contributed by atoms with Crippen molar-refractivity contribution in [2.75, 3.05) is 17.9 Å². The van der Waals surface area contributed by atoms with E-state index in [1.165, 1.54) is 6.26 Å². The Labute approximate surface area is 165 Å². The van der Waals surface area contributed by atoms with Gasteiger partial charge in [-0.15, -0.1) is 11.6 Å². The van der Waals surface area contributed by atoms with E-state index in [9.17, 15) is 13.2 Å². The average Bonchev–Trinajstić information content (AvgIpc) is 2.87. The molecular formula is C20H23ClN2O3S. The molecule has 7 heteroatoms. The molecule has 0 unspecified atom stereocenters.